The molecule has 0 amide bonds. The number of rotatable bonds is 2. The van der Waals surface area contributed by atoms with Crippen molar-refractivity contribution in [3.8, 4) is 0 Å². The summed E-state index contributed by atoms with van der Waals surface area (Å²) in [6.07, 6.45) is 0. The van der Waals surface area contributed by atoms with Crippen LogP contribution in [0.25, 0.3) is 0 Å². The van der Waals surface area contributed by atoms with Crippen LogP contribution in [-0.4, -0.2) is 20.7 Å². The molecule has 0 bridgehead atoms. The second-order valence-corrected chi connectivity index (χ2v) is 0.652. The van der Waals surface area contributed by atoms with E-state index in [9.17, 15) is 0 Å². The molecule has 0 unspecified atom stereocenters. The van der Waals surface area contributed by atoms with E-state index in [4.69, 9.17) is 9.06 Å². The van der Waals surface area contributed by atoms with Gasteiger partial charge in [-0.25, -0.2) is 0 Å². The average Bonchev–Trinajstić information content (AvgIpc) is 1.41. The Bertz CT molecular complexity index is 24.8. The van der Waals surface area contributed by atoms with Gasteiger partial charge in [-0.2, -0.15) is 0 Å². The van der Waals surface area contributed by atoms with Gasteiger partial charge < -0.3 is 0 Å². The fraction of sp³-hybridized carbons (Fsp3) is 0. The maximum absolute atomic E-state index is 9.11. The first-order valence-electron chi connectivity index (χ1n) is 0.821. The van der Waals surface area contributed by atoms with E-state index in [1.54, 1.807) is 0 Å². The molecule has 0 aliphatic carbocycles. The summed E-state index contributed by atoms with van der Waals surface area (Å²) >= 11 is -1.44. The van der Waals surface area contributed by atoms with Crippen molar-refractivity contribution in [2.45, 2.75) is 0 Å². The van der Waals surface area contributed by atoms with E-state index in [-0.39, 0.29) is 0 Å². The van der Waals surface area contributed by atoms with Gasteiger partial charge >= 0.3 is 33.5 Å². The first-order chi connectivity index (χ1) is 2.41. The van der Waals surface area contributed by atoms with Crippen molar-refractivity contribution in [3.05, 3.63) is 0 Å². The molecule has 4 nitrogen and oxygen atoms in total. The summed E-state index contributed by atoms with van der Waals surface area (Å²) < 4.78 is 12.5. The molecule has 0 aliphatic heterocycles. The maximum atomic E-state index is 9.11. The van der Waals surface area contributed by atoms with Gasteiger partial charge in [-0.05, 0) is 0 Å². The molecule has 0 spiro atoms. The van der Waals surface area contributed by atoms with Crippen molar-refractivity contribution in [3.63, 3.8) is 0 Å². The van der Waals surface area contributed by atoms with E-state index in [2.05, 4.69) is 8.98 Å². The van der Waals surface area contributed by atoms with Gasteiger partial charge in [-0.3, -0.25) is 0 Å². The Labute approximate surface area is 34.4 Å². The molecule has 5 heteroatoms. The van der Waals surface area contributed by atoms with Crippen LogP contribution in [0.3, 0.4) is 0 Å². The third-order valence-corrected chi connectivity index (χ3v) is 0.247. The van der Waals surface area contributed by atoms with Gasteiger partial charge in [0, 0.05) is 0 Å². The normalized spacial score (nSPS) is 5.80. The first-order valence-corrected chi connectivity index (χ1v) is 1.76. The monoisotopic (exact) mass is 92.0 g/mol. The van der Waals surface area contributed by atoms with Crippen molar-refractivity contribution in [1.29, 1.82) is 0 Å². The zero-order valence-electron chi connectivity index (χ0n) is 2.25. The van der Waals surface area contributed by atoms with E-state index in [1.807, 2.05) is 0 Å². The van der Waals surface area contributed by atoms with E-state index in [0.29, 0.717) is 0 Å². The summed E-state index contributed by atoms with van der Waals surface area (Å²) in [7, 11) is 0. The SMILES string of the molecule is [O]=[Al][O]OO. The van der Waals surface area contributed by atoms with E-state index >= 15 is 0 Å². The van der Waals surface area contributed by atoms with Crippen LogP contribution in [0.5, 0.6) is 0 Å². The topological polar surface area (TPSA) is 55.8 Å². The standard InChI is InChI=1S/Al.H2O3.O/c;1-3-2;/h;1-2H;/q+1;;/p-1. The first kappa shape index (κ1) is 5.05. The molecule has 0 aliphatic rings. The molecule has 0 aromatic carbocycles. The Morgan fingerprint density at radius 1 is 1.80 bits per heavy atom. The molecule has 5 heavy (non-hydrogen) atoms. The second kappa shape index (κ2) is 4.05. The minimum absolute atomic E-state index is 1.44. The quantitative estimate of drug-likeness (QED) is 0.280. The van der Waals surface area contributed by atoms with E-state index in [0.717, 1.165) is 0 Å². The summed E-state index contributed by atoms with van der Waals surface area (Å²) in [4.78, 5) is 0. The van der Waals surface area contributed by atoms with Crippen LogP contribution in [0, 0.1) is 0 Å². The van der Waals surface area contributed by atoms with Gasteiger partial charge in [0.2, 0.25) is 0 Å². The predicted octanol–water partition coefficient (Wildman–Crippen LogP) is -0.628. The molecule has 0 atom stereocenters. The third-order valence-electron chi connectivity index (χ3n) is 0.0823. The summed E-state index contributed by atoms with van der Waals surface area (Å²) in [6, 6.07) is 0. The second-order valence-electron chi connectivity index (χ2n) is 0.267. The Kier molecular flexibility index (Phi) is 4.09. The van der Waals surface area contributed by atoms with Crippen molar-refractivity contribution >= 4 is 15.5 Å². The summed E-state index contributed by atoms with van der Waals surface area (Å²) in [5, 5.41) is 10.1. The number of hydrogen-bond acceptors (Lipinski definition) is 4. The molecule has 0 saturated heterocycles. The zero-order valence-corrected chi connectivity index (χ0v) is 3.40. The molecule has 28 valence electrons. The van der Waals surface area contributed by atoms with Crippen molar-refractivity contribution in [1.82, 2.24) is 0 Å². The van der Waals surface area contributed by atoms with Gasteiger partial charge in [0.1, 0.15) is 0 Å². The molecular formula is HAlO4. The molecule has 0 aromatic heterocycles. The fourth-order valence-corrected chi connectivity index (χ4v) is 0.0527. The molecule has 0 saturated carbocycles. The van der Waals surface area contributed by atoms with E-state index in [1.165, 1.54) is 0 Å². The summed E-state index contributed by atoms with van der Waals surface area (Å²) in [6.45, 7) is 0. The minimum atomic E-state index is -1.44. The van der Waals surface area contributed by atoms with E-state index < -0.39 is 15.5 Å². The van der Waals surface area contributed by atoms with Crippen LogP contribution in [0.2, 0.25) is 0 Å². The van der Waals surface area contributed by atoms with Gasteiger partial charge in [0.15, 0.2) is 0 Å². The molecular weight excluding hydrogens is 91.0 g/mol. The van der Waals surface area contributed by atoms with Gasteiger partial charge in [0.05, 0.1) is 0 Å². The molecule has 0 rings (SSSR count). The molecule has 0 aromatic rings. The molecule has 0 fully saturated rings. The van der Waals surface area contributed by atoms with Crippen LogP contribution < -0.4 is 0 Å². The Morgan fingerprint density at radius 3 is 2.40 bits per heavy atom. The summed E-state index contributed by atoms with van der Waals surface area (Å²) in [5.41, 5.74) is 0. The Morgan fingerprint density at radius 2 is 2.40 bits per heavy atom. The van der Waals surface area contributed by atoms with Crippen molar-refractivity contribution in [2.75, 3.05) is 0 Å². The molecule has 0 heterocycles. The van der Waals surface area contributed by atoms with Crippen LogP contribution in [0.1, 0.15) is 0 Å². The zero-order chi connectivity index (χ0) is 4.12. The van der Waals surface area contributed by atoms with Gasteiger partial charge in [0.25, 0.3) is 0 Å². The van der Waals surface area contributed by atoms with Crippen molar-refractivity contribution in [2.24, 2.45) is 0 Å². The van der Waals surface area contributed by atoms with Crippen LogP contribution in [0.15, 0.2) is 0 Å². The van der Waals surface area contributed by atoms with Gasteiger partial charge in [-0.15, -0.1) is 0 Å². The predicted molar refractivity (Wildman–Crippen MR) is 11.2 cm³/mol. The van der Waals surface area contributed by atoms with Crippen molar-refractivity contribution < 1.29 is 18.0 Å². The average molecular weight is 92.0 g/mol. The number of hydrogen-bond donors (Lipinski definition) is 1. The Hall–Kier alpha value is 0.0525. The van der Waals surface area contributed by atoms with Crippen LogP contribution in [0.4, 0.5) is 0 Å². The van der Waals surface area contributed by atoms with Gasteiger partial charge in [-0.1, -0.05) is 0 Å². The third kappa shape index (κ3) is 4.05. The fourth-order valence-electron chi connectivity index (χ4n) is 0.0176. The summed E-state index contributed by atoms with van der Waals surface area (Å²) in [5.74, 6) is 0. The van der Waals surface area contributed by atoms with Crippen LogP contribution in [-0.2, 0) is 12.8 Å². The van der Waals surface area contributed by atoms with Crippen LogP contribution >= 0.6 is 0 Å². The Balaban J connectivity index is 2.40. The molecule has 0 radical (unpaired) electrons. The molecule has 1 N–H and O–H groups in total.